The van der Waals surface area contributed by atoms with Crippen LogP contribution < -0.4 is 10.1 Å². The Hall–Kier alpha value is -1.80. The fourth-order valence-corrected chi connectivity index (χ4v) is 2.22. The monoisotopic (exact) mass is 269 g/mol. The van der Waals surface area contributed by atoms with Crippen molar-refractivity contribution in [2.75, 3.05) is 13.7 Å². The summed E-state index contributed by atoms with van der Waals surface area (Å²) in [6.45, 7) is 0.718. The van der Waals surface area contributed by atoms with E-state index in [4.69, 9.17) is 4.74 Å². The molecule has 0 aromatic heterocycles. The summed E-state index contributed by atoms with van der Waals surface area (Å²) in [6, 6.07) is 21.0. The fourth-order valence-electron chi connectivity index (χ4n) is 2.22. The van der Waals surface area contributed by atoms with Gasteiger partial charge in [0, 0.05) is 6.04 Å². The molecule has 0 aliphatic carbocycles. The normalized spacial score (nSPS) is 12.1. The number of para-hydroxylation sites is 1. The molecule has 0 saturated heterocycles. The minimum Gasteiger partial charge on any atom is -0.492 e. The summed E-state index contributed by atoms with van der Waals surface area (Å²) in [4.78, 5) is 0. The summed E-state index contributed by atoms with van der Waals surface area (Å²) in [5.41, 5.74) is 1.41. The van der Waals surface area contributed by atoms with Crippen LogP contribution in [-0.4, -0.2) is 19.7 Å². The minimum atomic E-state index is 0.402. The zero-order chi connectivity index (χ0) is 14.0. The van der Waals surface area contributed by atoms with Gasteiger partial charge in [0.05, 0.1) is 0 Å². The largest absolute Gasteiger partial charge is 0.492 e. The molecule has 0 saturated carbocycles. The van der Waals surface area contributed by atoms with Crippen molar-refractivity contribution in [3.63, 3.8) is 0 Å². The average Bonchev–Trinajstić information content (AvgIpc) is 2.52. The van der Waals surface area contributed by atoms with Gasteiger partial charge in [-0.1, -0.05) is 48.5 Å². The molecule has 0 bridgehead atoms. The predicted molar refractivity (Wildman–Crippen MR) is 84.2 cm³/mol. The lowest BCUT2D eigenvalue weighted by Crippen LogP contribution is -2.31. The van der Waals surface area contributed by atoms with E-state index in [1.165, 1.54) is 12.0 Å². The quantitative estimate of drug-likeness (QED) is 0.789. The predicted octanol–water partition coefficient (Wildman–Crippen LogP) is 3.68. The van der Waals surface area contributed by atoms with Crippen LogP contribution in [0.2, 0.25) is 0 Å². The van der Waals surface area contributed by atoms with Crippen molar-refractivity contribution in [1.29, 1.82) is 0 Å². The van der Waals surface area contributed by atoms with Gasteiger partial charge in [-0.05, 0) is 44.0 Å². The van der Waals surface area contributed by atoms with Gasteiger partial charge in [-0.2, -0.15) is 0 Å². The number of aryl methyl sites for hydroxylation is 1. The van der Waals surface area contributed by atoms with Gasteiger partial charge in [0.2, 0.25) is 0 Å². The second-order valence-corrected chi connectivity index (χ2v) is 4.99. The molecule has 1 unspecified atom stereocenters. The number of nitrogens with one attached hydrogen (secondary N) is 1. The molecule has 0 heterocycles. The molecule has 0 amide bonds. The molecule has 0 fully saturated rings. The van der Waals surface area contributed by atoms with Crippen LogP contribution in [0.15, 0.2) is 60.7 Å². The lowest BCUT2D eigenvalue weighted by Gasteiger charge is -2.17. The third-order valence-corrected chi connectivity index (χ3v) is 3.46. The van der Waals surface area contributed by atoms with Crippen molar-refractivity contribution in [3.8, 4) is 5.75 Å². The maximum atomic E-state index is 5.80. The number of hydrogen-bond donors (Lipinski definition) is 1. The Kier molecular flexibility index (Phi) is 6.12. The van der Waals surface area contributed by atoms with E-state index in [2.05, 4.69) is 35.6 Å². The third-order valence-electron chi connectivity index (χ3n) is 3.46. The average molecular weight is 269 g/mol. The zero-order valence-corrected chi connectivity index (χ0v) is 12.1. The standard InChI is InChI=1S/C18H23NO/c1-19-17(15-20-18-13-6-3-7-14-18)12-8-11-16-9-4-2-5-10-16/h2-7,9-10,13-14,17,19H,8,11-12,15H2,1H3. The van der Waals surface area contributed by atoms with E-state index in [0.29, 0.717) is 6.04 Å². The fraction of sp³-hybridized carbons (Fsp3) is 0.333. The Bertz CT molecular complexity index is 469. The van der Waals surface area contributed by atoms with Gasteiger partial charge in [0.15, 0.2) is 0 Å². The summed E-state index contributed by atoms with van der Waals surface area (Å²) in [6.07, 6.45) is 3.43. The molecule has 0 aliphatic rings. The summed E-state index contributed by atoms with van der Waals surface area (Å²) in [5, 5.41) is 3.33. The first kappa shape index (κ1) is 14.6. The Morgan fingerprint density at radius 2 is 1.60 bits per heavy atom. The van der Waals surface area contributed by atoms with Crippen LogP contribution in [0, 0.1) is 0 Å². The van der Waals surface area contributed by atoms with Crippen molar-refractivity contribution in [3.05, 3.63) is 66.2 Å². The van der Waals surface area contributed by atoms with E-state index in [0.717, 1.165) is 25.2 Å². The van der Waals surface area contributed by atoms with E-state index in [1.54, 1.807) is 0 Å². The van der Waals surface area contributed by atoms with Crippen LogP contribution in [0.5, 0.6) is 5.75 Å². The Balaban J connectivity index is 1.70. The van der Waals surface area contributed by atoms with E-state index in [1.807, 2.05) is 37.4 Å². The second kappa shape index (κ2) is 8.39. The Morgan fingerprint density at radius 3 is 2.25 bits per heavy atom. The molecule has 2 heteroatoms. The Morgan fingerprint density at radius 1 is 0.950 bits per heavy atom. The lowest BCUT2D eigenvalue weighted by molar-refractivity contribution is 0.261. The number of benzene rings is 2. The van der Waals surface area contributed by atoms with Gasteiger partial charge in [0.1, 0.15) is 12.4 Å². The SMILES string of the molecule is CNC(CCCc1ccccc1)COc1ccccc1. The van der Waals surface area contributed by atoms with Crippen molar-refractivity contribution in [2.24, 2.45) is 0 Å². The molecule has 2 nitrogen and oxygen atoms in total. The second-order valence-electron chi connectivity index (χ2n) is 4.99. The maximum Gasteiger partial charge on any atom is 0.119 e. The highest BCUT2D eigenvalue weighted by Crippen LogP contribution is 2.11. The molecule has 1 N–H and O–H groups in total. The molecule has 2 rings (SSSR count). The van der Waals surface area contributed by atoms with Crippen molar-refractivity contribution < 1.29 is 4.74 Å². The van der Waals surface area contributed by atoms with Crippen LogP contribution in [0.1, 0.15) is 18.4 Å². The van der Waals surface area contributed by atoms with E-state index in [-0.39, 0.29) is 0 Å². The third kappa shape index (κ3) is 5.06. The van der Waals surface area contributed by atoms with Gasteiger partial charge >= 0.3 is 0 Å². The van der Waals surface area contributed by atoms with Crippen LogP contribution in [0.25, 0.3) is 0 Å². The van der Waals surface area contributed by atoms with E-state index < -0.39 is 0 Å². The van der Waals surface area contributed by atoms with Gasteiger partial charge in [0.25, 0.3) is 0 Å². The smallest absolute Gasteiger partial charge is 0.119 e. The molecule has 20 heavy (non-hydrogen) atoms. The minimum absolute atomic E-state index is 0.402. The van der Waals surface area contributed by atoms with Crippen LogP contribution in [0.4, 0.5) is 0 Å². The molecular weight excluding hydrogens is 246 g/mol. The molecule has 2 aromatic rings. The molecule has 0 aliphatic heterocycles. The topological polar surface area (TPSA) is 21.3 Å². The zero-order valence-electron chi connectivity index (χ0n) is 12.1. The van der Waals surface area contributed by atoms with Crippen molar-refractivity contribution >= 4 is 0 Å². The van der Waals surface area contributed by atoms with E-state index >= 15 is 0 Å². The summed E-state index contributed by atoms with van der Waals surface area (Å²) < 4.78 is 5.80. The van der Waals surface area contributed by atoms with E-state index in [9.17, 15) is 0 Å². The van der Waals surface area contributed by atoms with Gasteiger partial charge in [-0.25, -0.2) is 0 Å². The summed E-state index contributed by atoms with van der Waals surface area (Å²) in [7, 11) is 2.00. The van der Waals surface area contributed by atoms with Gasteiger partial charge < -0.3 is 10.1 Å². The Labute approximate surface area is 121 Å². The lowest BCUT2D eigenvalue weighted by atomic mass is 10.1. The first-order chi connectivity index (χ1) is 9.88. The molecular formula is C18H23NO. The van der Waals surface area contributed by atoms with Crippen LogP contribution in [0.3, 0.4) is 0 Å². The first-order valence-electron chi connectivity index (χ1n) is 7.27. The maximum absolute atomic E-state index is 5.80. The summed E-state index contributed by atoms with van der Waals surface area (Å²) in [5.74, 6) is 0.941. The highest BCUT2D eigenvalue weighted by molar-refractivity contribution is 5.21. The van der Waals surface area contributed by atoms with Crippen molar-refractivity contribution in [1.82, 2.24) is 5.32 Å². The van der Waals surface area contributed by atoms with Gasteiger partial charge in [-0.3, -0.25) is 0 Å². The number of rotatable bonds is 8. The molecule has 1 atom stereocenters. The molecule has 2 aromatic carbocycles. The highest BCUT2D eigenvalue weighted by atomic mass is 16.5. The molecule has 0 radical (unpaired) electrons. The first-order valence-corrected chi connectivity index (χ1v) is 7.27. The molecule has 106 valence electrons. The van der Waals surface area contributed by atoms with Crippen molar-refractivity contribution in [2.45, 2.75) is 25.3 Å². The summed E-state index contributed by atoms with van der Waals surface area (Å²) >= 11 is 0. The number of ether oxygens (including phenoxy) is 1. The highest BCUT2D eigenvalue weighted by Gasteiger charge is 2.07. The molecule has 0 spiro atoms. The number of hydrogen-bond acceptors (Lipinski definition) is 2. The number of likely N-dealkylation sites (N-methyl/N-ethyl adjacent to an activating group) is 1. The van der Waals surface area contributed by atoms with Gasteiger partial charge in [-0.15, -0.1) is 0 Å². The van der Waals surface area contributed by atoms with Crippen LogP contribution in [-0.2, 0) is 6.42 Å². The van der Waals surface area contributed by atoms with Crippen LogP contribution >= 0.6 is 0 Å².